The van der Waals surface area contributed by atoms with Gasteiger partial charge in [0.05, 0.1) is 8.07 Å². The fraction of sp³-hybridized carbons (Fsp3) is 0.364. The van der Waals surface area contributed by atoms with Gasteiger partial charge in [0.15, 0.2) is 0 Å². The Morgan fingerprint density at radius 2 is 1.64 bits per heavy atom. The van der Waals surface area contributed by atoms with Gasteiger partial charge in [-0.25, -0.2) is 0 Å². The molecule has 14 heavy (non-hydrogen) atoms. The molecule has 0 nitrogen and oxygen atoms in total. The van der Waals surface area contributed by atoms with Crippen molar-refractivity contribution < 1.29 is 12.4 Å². The van der Waals surface area contributed by atoms with E-state index in [4.69, 9.17) is 0 Å². The molecule has 1 aromatic rings. The normalized spacial score (nSPS) is 9.93. The van der Waals surface area contributed by atoms with E-state index in [1.54, 1.807) is 5.19 Å². The fourth-order valence-electron chi connectivity index (χ4n) is 1.48. The quantitative estimate of drug-likeness (QED) is 0.489. The predicted molar refractivity (Wildman–Crippen MR) is 64.1 cm³/mol. The van der Waals surface area contributed by atoms with Gasteiger partial charge < -0.3 is 19.3 Å². The Kier molecular flexibility index (Phi) is 9.35. The van der Waals surface area contributed by atoms with Gasteiger partial charge in [-0.3, -0.25) is 0 Å². The number of rotatable bonds is 3. The average Bonchev–Trinajstić information content (AvgIpc) is 2.06. The smallest absolute Gasteiger partial charge is 1.00 e. The second kappa shape index (κ2) is 7.74. The maximum Gasteiger partial charge on any atom is 2.00 e. The molecule has 0 N–H and O–H groups in total. The van der Waals surface area contributed by atoms with E-state index in [1.165, 1.54) is 6.04 Å². The van der Waals surface area contributed by atoms with E-state index in [1.807, 2.05) is 0 Å². The first-order valence-corrected chi connectivity index (χ1v) is 7.72. The molecule has 1 rings (SSSR count). The van der Waals surface area contributed by atoms with E-state index in [0.29, 0.717) is 0 Å². The monoisotopic (exact) mass is 236 g/mol. The van der Waals surface area contributed by atoms with Crippen molar-refractivity contribution in [3.8, 4) is 0 Å². The SMILES string of the molecule is [CH2-]CC[Si](C)(C)c1ccccc1.[Cl-].[Mg+2]. The molecule has 0 atom stereocenters. The molecule has 0 saturated heterocycles. The summed E-state index contributed by atoms with van der Waals surface area (Å²) in [6.45, 7) is 8.75. The minimum atomic E-state index is -1.14. The topological polar surface area (TPSA) is 0 Å². The zero-order chi connectivity index (χ0) is 9.03. The maximum absolute atomic E-state index is 3.93. The van der Waals surface area contributed by atoms with Gasteiger partial charge in [0.2, 0.25) is 0 Å². The summed E-state index contributed by atoms with van der Waals surface area (Å²) >= 11 is 0. The van der Waals surface area contributed by atoms with E-state index in [9.17, 15) is 0 Å². The molecule has 1 aromatic carbocycles. The molecule has 0 amide bonds. The number of benzene rings is 1. The first-order valence-electron chi connectivity index (χ1n) is 4.51. The van der Waals surface area contributed by atoms with Crippen LogP contribution in [0.1, 0.15) is 6.42 Å². The van der Waals surface area contributed by atoms with E-state index in [2.05, 4.69) is 50.3 Å². The van der Waals surface area contributed by atoms with Gasteiger partial charge in [0.25, 0.3) is 0 Å². The van der Waals surface area contributed by atoms with E-state index in [0.717, 1.165) is 6.42 Å². The van der Waals surface area contributed by atoms with Crippen LogP contribution in [0.4, 0.5) is 0 Å². The van der Waals surface area contributed by atoms with Gasteiger partial charge in [0, 0.05) is 0 Å². The summed E-state index contributed by atoms with van der Waals surface area (Å²) in [6, 6.07) is 12.1. The van der Waals surface area contributed by atoms with E-state index in [-0.39, 0.29) is 35.5 Å². The number of halogens is 1. The summed E-state index contributed by atoms with van der Waals surface area (Å²) in [7, 11) is -1.14. The van der Waals surface area contributed by atoms with Crippen molar-refractivity contribution in [1.82, 2.24) is 0 Å². The Labute approximate surface area is 111 Å². The van der Waals surface area contributed by atoms with Crippen LogP contribution in [0.2, 0.25) is 19.1 Å². The molecule has 0 aliphatic rings. The van der Waals surface area contributed by atoms with Crippen LogP contribution in [0, 0.1) is 6.92 Å². The van der Waals surface area contributed by atoms with Crippen molar-refractivity contribution in [2.45, 2.75) is 25.6 Å². The van der Waals surface area contributed by atoms with Crippen molar-refractivity contribution >= 4 is 36.3 Å². The molecule has 0 unspecified atom stereocenters. The van der Waals surface area contributed by atoms with E-state index < -0.39 is 8.07 Å². The molecule has 0 bridgehead atoms. The second-order valence-electron chi connectivity index (χ2n) is 3.85. The summed E-state index contributed by atoms with van der Waals surface area (Å²) in [4.78, 5) is 0. The average molecular weight is 237 g/mol. The van der Waals surface area contributed by atoms with Crippen molar-refractivity contribution in [2.24, 2.45) is 0 Å². The maximum atomic E-state index is 3.93. The van der Waals surface area contributed by atoms with Crippen LogP contribution < -0.4 is 17.6 Å². The summed E-state index contributed by atoms with van der Waals surface area (Å²) in [5.41, 5.74) is 0. The Hall–Kier alpha value is 0.493. The van der Waals surface area contributed by atoms with Gasteiger partial charge >= 0.3 is 23.1 Å². The molecule has 0 heterocycles. The number of hydrogen-bond acceptors (Lipinski definition) is 0. The molecule has 0 spiro atoms. The predicted octanol–water partition coefficient (Wildman–Crippen LogP) is -0.551. The Morgan fingerprint density at radius 1 is 1.14 bits per heavy atom. The minimum Gasteiger partial charge on any atom is -1.00 e. The van der Waals surface area contributed by atoms with Crippen LogP contribution in [0.3, 0.4) is 0 Å². The number of hydrogen-bond donors (Lipinski definition) is 0. The first-order chi connectivity index (χ1) is 5.67. The first kappa shape index (κ1) is 16.9. The van der Waals surface area contributed by atoms with Crippen molar-refractivity contribution in [3.63, 3.8) is 0 Å². The van der Waals surface area contributed by atoms with Crippen LogP contribution in [-0.2, 0) is 0 Å². The van der Waals surface area contributed by atoms with Crippen LogP contribution in [0.15, 0.2) is 30.3 Å². The fourth-order valence-corrected chi connectivity index (χ4v) is 3.74. The van der Waals surface area contributed by atoms with Crippen LogP contribution in [0.5, 0.6) is 0 Å². The zero-order valence-electron chi connectivity index (χ0n) is 9.09. The Balaban J connectivity index is 0. The second-order valence-corrected chi connectivity index (χ2v) is 8.70. The van der Waals surface area contributed by atoms with Gasteiger partial charge in [0.1, 0.15) is 0 Å². The Bertz CT molecular complexity index is 236. The van der Waals surface area contributed by atoms with E-state index >= 15 is 0 Å². The van der Waals surface area contributed by atoms with Crippen LogP contribution >= 0.6 is 0 Å². The molecule has 0 saturated carbocycles. The van der Waals surface area contributed by atoms with Gasteiger partial charge in [-0.15, -0.1) is 0 Å². The summed E-state index contributed by atoms with van der Waals surface area (Å²) in [6.07, 6.45) is 1.06. The third-order valence-corrected chi connectivity index (χ3v) is 5.86. The van der Waals surface area contributed by atoms with Crippen LogP contribution in [0.25, 0.3) is 0 Å². The summed E-state index contributed by atoms with van der Waals surface area (Å²) in [5.74, 6) is 0. The molecule has 74 valence electrons. The largest absolute Gasteiger partial charge is 2.00 e. The molecule has 0 aliphatic heterocycles. The van der Waals surface area contributed by atoms with Gasteiger partial charge in [-0.1, -0.05) is 54.7 Å². The summed E-state index contributed by atoms with van der Waals surface area (Å²) < 4.78 is 0. The minimum absolute atomic E-state index is 0. The molecule has 0 aliphatic carbocycles. The van der Waals surface area contributed by atoms with Gasteiger partial charge in [-0.05, 0) is 0 Å². The molecular weight excluding hydrogens is 220 g/mol. The molecule has 0 aromatic heterocycles. The third-order valence-electron chi connectivity index (χ3n) is 2.36. The Morgan fingerprint density at radius 3 is 2.07 bits per heavy atom. The van der Waals surface area contributed by atoms with Crippen molar-refractivity contribution in [3.05, 3.63) is 37.3 Å². The molecule has 3 heteroatoms. The zero-order valence-corrected chi connectivity index (χ0v) is 12.3. The summed E-state index contributed by atoms with van der Waals surface area (Å²) in [5, 5.41) is 1.55. The van der Waals surface area contributed by atoms with Crippen molar-refractivity contribution in [1.29, 1.82) is 0 Å². The molecule has 0 fully saturated rings. The van der Waals surface area contributed by atoms with Crippen LogP contribution in [-0.4, -0.2) is 31.1 Å². The third kappa shape index (κ3) is 4.83. The van der Waals surface area contributed by atoms with Gasteiger partial charge in [-0.2, -0.15) is 6.42 Å². The standard InChI is InChI=1S/C11H17Si.ClH.Mg/c1-4-10-12(2,3)11-8-6-5-7-9-11;;/h5-9H,1,4,10H2,2-3H3;1H;/q-1;;+2/p-1. The van der Waals surface area contributed by atoms with Crippen molar-refractivity contribution in [2.75, 3.05) is 0 Å². The molecular formula is C11H17ClMgSi. The molecule has 0 radical (unpaired) electrons.